The van der Waals surface area contributed by atoms with Gasteiger partial charge in [-0.2, -0.15) is 0 Å². The van der Waals surface area contributed by atoms with Crippen molar-refractivity contribution >= 4 is 27.7 Å². The number of aromatic nitrogens is 1. The molecule has 0 saturated carbocycles. The molecule has 32 heavy (non-hydrogen) atoms. The molecule has 0 aliphatic heterocycles. The van der Waals surface area contributed by atoms with Gasteiger partial charge in [0.2, 0.25) is 11.8 Å². The minimum Gasteiger partial charge on any atom is -0.375 e. The van der Waals surface area contributed by atoms with E-state index in [4.69, 9.17) is 4.74 Å². The first-order valence-corrected chi connectivity index (χ1v) is 12.2. The van der Waals surface area contributed by atoms with Crippen LogP contribution in [0.25, 0.3) is 0 Å². The van der Waals surface area contributed by atoms with Crippen molar-refractivity contribution in [1.82, 2.24) is 14.4 Å². The van der Waals surface area contributed by atoms with Crippen molar-refractivity contribution in [3.8, 4) is 0 Å². The van der Waals surface area contributed by atoms with Gasteiger partial charge in [-0.15, -0.1) is 0 Å². The number of carbonyl (C=O) groups is 2. The summed E-state index contributed by atoms with van der Waals surface area (Å²) < 4.78 is 8.25. The van der Waals surface area contributed by atoms with Gasteiger partial charge in [-0.1, -0.05) is 54.8 Å². The zero-order chi connectivity index (χ0) is 23.3. The van der Waals surface area contributed by atoms with E-state index in [9.17, 15) is 9.59 Å². The molecule has 2 amide bonds. The number of ether oxygens (including phenoxy) is 1. The fraction of sp³-hybridized carbons (Fsp3) is 0.520. The second-order valence-electron chi connectivity index (χ2n) is 8.02. The van der Waals surface area contributed by atoms with Crippen LogP contribution in [0.2, 0.25) is 0 Å². The Morgan fingerprint density at radius 3 is 2.25 bits per heavy atom. The Kier molecular flexibility index (Phi) is 11.5. The Hall–Kier alpha value is -2.12. The largest absolute Gasteiger partial charge is 0.375 e. The molecule has 6 nitrogen and oxygen atoms in total. The van der Waals surface area contributed by atoms with Gasteiger partial charge in [0.25, 0.3) is 0 Å². The van der Waals surface area contributed by atoms with Crippen LogP contribution in [0.15, 0.2) is 47.1 Å². The second kappa shape index (κ2) is 14.1. The summed E-state index contributed by atoms with van der Waals surface area (Å²) in [5, 5.41) is 0. The van der Waals surface area contributed by atoms with Crippen LogP contribution in [0.4, 0.5) is 0 Å². The topological polar surface area (TPSA) is 54.8 Å². The molecule has 7 heteroatoms. The zero-order valence-corrected chi connectivity index (χ0v) is 21.1. The maximum absolute atomic E-state index is 13.2. The van der Waals surface area contributed by atoms with E-state index in [1.807, 2.05) is 23.1 Å². The molecular weight excluding hydrogens is 470 g/mol. The summed E-state index contributed by atoms with van der Waals surface area (Å²) in [4.78, 5) is 29.2. The van der Waals surface area contributed by atoms with E-state index in [0.29, 0.717) is 19.6 Å². The number of hydrogen-bond donors (Lipinski definition) is 0. The monoisotopic (exact) mass is 505 g/mol. The molecule has 2 rings (SSSR count). The third kappa shape index (κ3) is 8.43. The third-order valence-corrected chi connectivity index (χ3v) is 5.93. The van der Waals surface area contributed by atoms with Gasteiger partial charge in [0.1, 0.15) is 6.61 Å². The average molecular weight is 506 g/mol. The van der Waals surface area contributed by atoms with Gasteiger partial charge in [0, 0.05) is 43.1 Å². The van der Waals surface area contributed by atoms with E-state index >= 15 is 0 Å². The number of methoxy groups -OCH3 is 1. The van der Waals surface area contributed by atoms with Crippen LogP contribution in [0.5, 0.6) is 0 Å². The molecule has 0 unspecified atom stereocenters. The van der Waals surface area contributed by atoms with Crippen LogP contribution in [0.3, 0.4) is 0 Å². The fourth-order valence-corrected chi connectivity index (χ4v) is 3.75. The Morgan fingerprint density at radius 1 is 0.969 bits per heavy atom. The minimum atomic E-state index is -0.136. The SMILES string of the molecule is CCCCN(CC(=O)N(CCCC)Cc1cccn1Cc1ccc(Br)cc1)C(=O)COC. The highest BCUT2D eigenvalue weighted by Gasteiger charge is 2.21. The van der Waals surface area contributed by atoms with Gasteiger partial charge >= 0.3 is 0 Å². The summed E-state index contributed by atoms with van der Waals surface area (Å²) in [6, 6.07) is 12.4. The summed E-state index contributed by atoms with van der Waals surface area (Å²) >= 11 is 3.48. The van der Waals surface area contributed by atoms with E-state index < -0.39 is 0 Å². The molecule has 0 aliphatic carbocycles. The van der Waals surface area contributed by atoms with Crippen LogP contribution in [0.1, 0.15) is 50.8 Å². The van der Waals surface area contributed by atoms with Gasteiger partial charge in [-0.05, 0) is 42.7 Å². The Balaban J connectivity index is 2.12. The highest BCUT2D eigenvalue weighted by Crippen LogP contribution is 2.15. The number of carbonyl (C=O) groups excluding carboxylic acids is 2. The number of benzene rings is 1. The molecule has 0 atom stereocenters. The zero-order valence-electron chi connectivity index (χ0n) is 19.6. The number of hydrogen-bond acceptors (Lipinski definition) is 3. The molecule has 1 aromatic carbocycles. The summed E-state index contributed by atoms with van der Waals surface area (Å²) in [7, 11) is 1.50. The van der Waals surface area contributed by atoms with Crippen LogP contribution >= 0.6 is 15.9 Å². The molecule has 0 fully saturated rings. The molecule has 0 saturated heterocycles. The Bertz CT molecular complexity index is 835. The third-order valence-electron chi connectivity index (χ3n) is 5.41. The van der Waals surface area contributed by atoms with E-state index in [1.165, 1.54) is 12.7 Å². The molecule has 176 valence electrons. The highest BCUT2D eigenvalue weighted by molar-refractivity contribution is 9.10. The number of halogens is 1. The lowest BCUT2D eigenvalue weighted by molar-refractivity contribution is -0.143. The maximum Gasteiger partial charge on any atom is 0.249 e. The van der Waals surface area contributed by atoms with Crippen molar-refractivity contribution in [2.45, 2.75) is 52.6 Å². The number of amides is 2. The van der Waals surface area contributed by atoms with Crippen LogP contribution in [-0.2, 0) is 27.4 Å². The first-order chi connectivity index (χ1) is 15.5. The van der Waals surface area contributed by atoms with E-state index in [1.54, 1.807) is 4.90 Å². The quantitative estimate of drug-likeness (QED) is 0.373. The summed E-state index contributed by atoms with van der Waals surface area (Å²) in [6.07, 6.45) is 5.82. The lowest BCUT2D eigenvalue weighted by Crippen LogP contribution is -2.44. The van der Waals surface area contributed by atoms with Gasteiger partial charge in [0.15, 0.2) is 0 Å². The molecule has 0 N–H and O–H groups in total. The molecule has 0 radical (unpaired) electrons. The molecular formula is C25H36BrN3O3. The second-order valence-corrected chi connectivity index (χ2v) is 8.94. The summed E-state index contributed by atoms with van der Waals surface area (Å²) in [5.74, 6) is -0.154. The van der Waals surface area contributed by atoms with E-state index in [0.717, 1.165) is 42.4 Å². The number of rotatable bonds is 14. The summed E-state index contributed by atoms with van der Waals surface area (Å²) in [6.45, 7) is 6.83. The molecule has 0 bridgehead atoms. The van der Waals surface area contributed by atoms with Crippen molar-refractivity contribution in [2.24, 2.45) is 0 Å². The van der Waals surface area contributed by atoms with Crippen molar-refractivity contribution in [1.29, 1.82) is 0 Å². The van der Waals surface area contributed by atoms with E-state index in [-0.39, 0.29) is 25.0 Å². The molecule has 2 aromatic rings. The van der Waals surface area contributed by atoms with Crippen molar-refractivity contribution in [3.05, 3.63) is 58.3 Å². The predicted molar refractivity (Wildman–Crippen MR) is 131 cm³/mol. The van der Waals surface area contributed by atoms with Gasteiger partial charge < -0.3 is 19.1 Å². The predicted octanol–water partition coefficient (Wildman–Crippen LogP) is 4.70. The van der Waals surface area contributed by atoms with Gasteiger partial charge in [-0.3, -0.25) is 9.59 Å². The van der Waals surface area contributed by atoms with Gasteiger partial charge in [0.05, 0.1) is 13.1 Å². The van der Waals surface area contributed by atoms with E-state index in [2.05, 4.69) is 58.7 Å². The first kappa shape index (κ1) is 26.1. The first-order valence-electron chi connectivity index (χ1n) is 11.4. The van der Waals surface area contributed by atoms with Crippen LogP contribution in [0, 0.1) is 0 Å². The normalized spacial score (nSPS) is 10.9. The lowest BCUT2D eigenvalue weighted by atomic mass is 10.2. The maximum atomic E-state index is 13.2. The molecule has 0 spiro atoms. The number of unbranched alkanes of at least 4 members (excludes halogenated alkanes) is 2. The van der Waals surface area contributed by atoms with Crippen molar-refractivity contribution < 1.29 is 14.3 Å². The molecule has 1 aromatic heterocycles. The molecule has 1 heterocycles. The smallest absolute Gasteiger partial charge is 0.249 e. The fourth-order valence-electron chi connectivity index (χ4n) is 3.49. The number of nitrogens with zero attached hydrogens (tertiary/aromatic N) is 3. The summed E-state index contributed by atoms with van der Waals surface area (Å²) in [5.41, 5.74) is 2.29. The Labute approximate surface area is 200 Å². The Morgan fingerprint density at radius 2 is 1.62 bits per heavy atom. The average Bonchev–Trinajstić information content (AvgIpc) is 3.22. The van der Waals surface area contributed by atoms with Crippen LogP contribution < -0.4 is 0 Å². The standard InChI is InChI=1S/C25H36BrN3O3/c1-4-6-14-28(24(30)19-29(15-7-5-2)25(31)20-32-3)18-23-9-8-16-27(23)17-21-10-12-22(26)13-11-21/h8-13,16H,4-7,14-15,17-20H2,1-3H3. The van der Waals surface area contributed by atoms with Crippen molar-refractivity contribution in [3.63, 3.8) is 0 Å². The van der Waals surface area contributed by atoms with Crippen LogP contribution in [-0.4, -0.2) is 59.5 Å². The molecule has 0 aliphatic rings. The van der Waals surface area contributed by atoms with Gasteiger partial charge in [-0.25, -0.2) is 0 Å². The highest BCUT2D eigenvalue weighted by atomic mass is 79.9. The minimum absolute atomic E-state index is 0.00198. The van der Waals surface area contributed by atoms with Crippen molar-refractivity contribution in [2.75, 3.05) is 33.4 Å². The lowest BCUT2D eigenvalue weighted by Gasteiger charge is -2.28.